The van der Waals surface area contributed by atoms with E-state index in [1.165, 1.54) is 29.2 Å². The smallest absolute Gasteiger partial charge is 0.241 e. The molecule has 0 aliphatic rings. The number of carbonyl (C=O) groups excluding carboxylic acids is 1. The Hall–Kier alpha value is -1.72. The van der Waals surface area contributed by atoms with Gasteiger partial charge in [-0.25, -0.2) is 4.98 Å². The third kappa shape index (κ3) is 3.93. The maximum Gasteiger partial charge on any atom is 0.241 e. The van der Waals surface area contributed by atoms with Crippen molar-refractivity contribution in [2.24, 2.45) is 0 Å². The van der Waals surface area contributed by atoms with Crippen LogP contribution in [-0.2, 0) is 0 Å². The molecular formula is C17H10Cl4N2O2. The fourth-order valence-electron chi connectivity index (χ4n) is 2.19. The minimum atomic E-state index is -1.08. The largest absolute Gasteiger partial charge is 0.459 e. The number of hydrogen-bond acceptors (Lipinski definition) is 3. The molecule has 0 radical (unpaired) electrons. The molecule has 0 aliphatic heterocycles. The van der Waals surface area contributed by atoms with E-state index in [2.05, 4.69) is 4.98 Å². The number of ether oxygens (including phenoxy) is 1. The number of carbonyl (C=O) groups is 1. The number of imidazole rings is 1. The Labute approximate surface area is 163 Å². The molecule has 0 saturated carbocycles. The summed E-state index contributed by atoms with van der Waals surface area (Å²) in [5, 5.41) is 1.22. The van der Waals surface area contributed by atoms with E-state index in [4.69, 9.17) is 51.1 Å². The molecule has 0 fully saturated rings. The van der Waals surface area contributed by atoms with Crippen molar-refractivity contribution in [2.45, 2.75) is 6.23 Å². The predicted molar refractivity (Wildman–Crippen MR) is 99.1 cm³/mol. The fraction of sp³-hybridized carbons (Fsp3) is 0.0588. The van der Waals surface area contributed by atoms with Crippen LogP contribution < -0.4 is 4.74 Å². The van der Waals surface area contributed by atoms with Crippen molar-refractivity contribution in [1.82, 2.24) is 9.55 Å². The second kappa shape index (κ2) is 7.67. The van der Waals surface area contributed by atoms with Gasteiger partial charge in [0.15, 0.2) is 5.75 Å². The lowest BCUT2D eigenvalue weighted by Crippen LogP contribution is -2.25. The molecule has 1 heterocycles. The van der Waals surface area contributed by atoms with Gasteiger partial charge in [0.25, 0.3) is 0 Å². The normalized spacial score (nSPS) is 12.0. The molecule has 1 atom stereocenters. The molecule has 0 bridgehead atoms. The first-order valence-electron chi connectivity index (χ1n) is 7.04. The van der Waals surface area contributed by atoms with Gasteiger partial charge in [0.1, 0.15) is 0 Å². The minimum Gasteiger partial charge on any atom is -0.459 e. The van der Waals surface area contributed by atoms with Crippen molar-refractivity contribution in [1.29, 1.82) is 0 Å². The first-order chi connectivity index (χ1) is 12.0. The minimum absolute atomic E-state index is 0.197. The summed E-state index contributed by atoms with van der Waals surface area (Å²) in [6.45, 7) is 0. The summed E-state index contributed by atoms with van der Waals surface area (Å²) < 4.78 is 7.33. The molecule has 25 heavy (non-hydrogen) atoms. The third-order valence-electron chi connectivity index (χ3n) is 3.36. The van der Waals surface area contributed by atoms with Crippen LogP contribution in [0.25, 0.3) is 0 Å². The van der Waals surface area contributed by atoms with Crippen LogP contribution in [0.2, 0.25) is 20.1 Å². The second-order valence-electron chi connectivity index (χ2n) is 5.02. The Morgan fingerprint density at radius 2 is 1.76 bits per heavy atom. The van der Waals surface area contributed by atoms with Crippen molar-refractivity contribution < 1.29 is 9.53 Å². The van der Waals surface area contributed by atoms with Gasteiger partial charge in [-0.3, -0.25) is 9.36 Å². The molecule has 0 unspecified atom stereocenters. The van der Waals surface area contributed by atoms with Crippen molar-refractivity contribution in [3.05, 3.63) is 80.8 Å². The van der Waals surface area contributed by atoms with E-state index in [0.29, 0.717) is 5.02 Å². The lowest BCUT2D eigenvalue weighted by Gasteiger charge is -2.21. The maximum absolute atomic E-state index is 13.0. The van der Waals surface area contributed by atoms with E-state index in [1.54, 1.807) is 30.5 Å². The average molecular weight is 416 g/mol. The zero-order valence-corrected chi connectivity index (χ0v) is 15.5. The molecule has 0 aliphatic carbocycles. The van der Waals surface area contributed by atoms with Crippen LogP contribution >= 0.6 is 46.4 Å². The van der Waals surface area contributed by atoms with Gasteiger partial charge >= 0.3 is 0 Å². The van der Waals surface area contributed by atoms with Crippen LogP contribution in [0.4, 0.5) is 0 Å². The zero-order valence-electron chi connectivity index (χ0n) is 12.5. The highest BCUT2D eigenvalue weighted by Gasteiger charge is 2.27. The Balaban J connectivity index is 2.03. The van der Waals surface area contributed by atoms with E-state index in [1.807, 2.05) is 0 Å². The van der Waals surface area contributed by atoms with E-state index in [9.17, 15) is 4.79 Å². The summed E-state index contributed by atoms with van der Waals surface area (Å²) in [5.74, 6) is -0.196. The summed E-state index contributed by atoms with van der Waals surface area (Å²) in [6, 6.07) is 9.52. The number of nitrogens with zero attached hydrogens (tertiary/aromatic N) is 2. The molecule has 2 aromatic carbocycles. The van der Waals surface area contributed by atoms with E-state index < -0.39 is 12.0 Å². The first-order valence-corrected chi connectivity index (χ1v) is 8.56. The Morgan fingerprint density at radius 1 is 1.04 bits per heavy atom. The van der Waals surface area contributed by atoms with Gasteiger partial charge in [-0.1, -0.05) is 52.5 Å². The topological polar surface area (TPSA) is 44.1 Å². The van der Waals surface area contributed by atoms with E-state index in [-0.39, 0.29) is 26.4 Å². The summed E-state index contributed by atoms with van der Waals surface area (Å²) in [7, 11) is 0. The van der Waals surface area contributed by atoms with Gasteiger partial charge in [0, 0.05) is 23.0 Å². The third-order valence-corrected chi connectivity index (χ3v) is 4.51. The Bertz CT molecular complexity index is 893. The molecule has 1 aromatic heterocycles. The quantitative estimate of drug-likeness (QED) is 0.483. The SMILES string of the molecule is O=C(c1ccc(Cl)cc1Cl)[C@@H](Oc1c(Cl)cccc1Cl)n1ccnc1. The van der Waals surface area contributed by atoms with Crippen molar-refractivity contribution in [2.75, 3.05) is 0 Å². The molecule has 0 saturated heterocycles. The van der Waals surface area contributed by atoms with Crippen molar-refractivity contribution >= 4 is 52.2 Å². The second-order valence-corrected chi connectivity index (χ2v) is 6.68. The van der Waals surface area contributed by atoms with Crippen molar-refractivity contribution in [3.8, 4) is 5.75 Å². The number of ketones is 1. The summed E-state index contributed by atoms with van der Waals surface area (Å²) in [5.41, 5.74) is 0.257. The first kappa shape index (κ1) is 18.1. The summed E-state index contributed by atoms with van der Waals surface area (Å²) in [6.07, 6.45) is 3.49. The molecule has 3 rings (SSSR count). The molecule has 0 spiro atoms. The van der Waals surface area contributed by atoms with Crippen LogP contribution in [0.15, 0.2) is 55.1 Å². The molecule has 3 aromatic rings. The van der Waals surface area contributed by atoms with Gasteiger partial charge in [-0.05, 0) is 30.3 Å². The van der Waals surface area contributed by atoms with Gasteiger partial charge in [-0.15, -0.1) is 0 Å². The van der Waals surface area contributed by atoms with E-state index >= 15 is 0 Å². The number of halogens is 4. The van der Waals surface area contributed by atoms with Crippen LogP contribution in [0.1, 0.15) is 16.6 Å². The summed E-state index contributed by atoms with van der Waals surface area (Å²) in [4.78, 5) is 17.0. The standard InChI is InChI=1S/C17H10Cl4N2O2/c18-10-4-5-11(14(21)8-10)15(24)17(23-7-6-22-9-23)25-16-12(19)2-1-3-13(16)20/h1-9,17H/t17-/m1/s1. The van der Waals surface area contributed by atoms with E-state index in [0.717, 1.165) is 0 Å². The highest BCUT2D eigenvalue weighted by molar-refractivity contribution is 6.37. The average Bonchev–Trinajstić information content (AvgIpc) is 3.08. The van der Waals surface area contributed by atoms with Gasteiger partial charge in [-0.2, -0.15) is 0 Å². The van der Waals surface area contributed by atoms with Crippen molar-refractivity contribution in [3.63, 3.8) is 0 Å². The lowest BCUT2D eigenvalue weighted by molar-refractivity contribution is 0.0654. The molecule has 0 amide bonds. The molecule has 8 heteroatoms. The van der Waals surface area contributed by atoms with Crippen LogP contribution in [-0.4, -0.2) is 15.3 Å². The number of benzene rings is 2. The molecule has 128 valence electrons. The number of para-hydroxylation sites is 1. The highest BCUT2D eigenvalue weighted by Crippen LogP contribution is 2.36. The lowest BCUT2D eigenvalue weighted by atomic mass is 10.1. The number of Topliss-reactive ketones (excluding diaryl/α,β-unsaturated/α-hetero) is 1. The highest BCUT2D eigenvalue weighted by atomic mass is 35.5. The molecule has 0 N–H and O–H groups in total. The predicted octanol–water partition coefficient (Wildman–Crippen LogP) is 5.96. The van der Waals surface area contributed by atoms with Crippen LogP contribution in [0.5, 0.6) is 5.75 Å². The monoisotopic (exact) mass is 414 g/mol. The molecule has 4 nitrogen and oxygen atoms in total. The van der Waals surface area contributed by atoms with Crippen LogP contribution in [0, 0.1) is 0 Å². The Kier molecular flexibility index (Phi) is 5.54. The Morgan fingerprint density at radius 3 is 2.36 bits per heavy atom. The summed E-state index contributed by atoms with van der Waals surface area (Å²) >= 11 is 24.3. The van der Waals surface area contributed by atoms with Gasteiger partial charge in [0.2, 0.25) is 12.0 Å². The fourth-order valence-corrected chi connectivity index (χ4v) is 3.18. The number of rotatable bonds is 5. The van der Waals surface area contributed by atoms with Gasteiger partial charge in [0.05, 0.1) is 21.4 Å². The number of aromatic nitrogens is 2. The maximum atomic E-state index is 13.0. The van der Waals surface area contributed by atoms with Crippen LogP contribution in [0.3, 0.4) is 0 Å². The number of hydrogen-bond donors (Lipinski definition) is 0. The van der Waals surface area contributed by atoms with Gasteiger partial charge < -0.3 is 4.74 Å². The molecular weight excluding hydrogens is 406 g/mol. The zero-order chi connectivity index (χ0) is 18.0.